The molecule has 1 aromatic rings. The zero-order chi connectivity index (χ0) is 12.0. The molecule has 1 atom stereocenters. The molecule has 0 saturated heterocycles. The first-order valence-corrected chi connectivity index (χ1v) is 6.69. The van der Waals surface area contributed by atoms with Crippen molar-refractivity contribution in [3.05, 3.63) is 23.8 Å². The van der Waals surface area contributed by atoms with E-state index in [-0.39, 0.29) is 0 Å². The van der Waals surface area contributed by atoms with Crippen molar-refractivity contribution >= 4 is 11.8 Å². The smallest absolute Gasteiger partial charge is 0.119 e. The fourth-order valence-corrected chi connectivity index (χ4v) is 2.55. The highest BCUT2D eigenvalue weighted by Crippen LogP contribution is 2.29. The fourth-order valence-electron chi connectivity index (χ4n) is 1.31. The quantitative estimate of drug-likeness (QED) is 0.774. The highest BCUT2D eigenvalue weighted by atomic mass is 32.2. The van der Waals surface area contributed by atoms with Gasteiger partial charge in [-0.05, 0) is 23.6 Å². The molecule has 0 amide bonds. The minimum Gasteiger partial charge on any atom is -0.497 e. The molecule has 16 heavy (non-hydrogen) atoms. The zero-order valence-electron chi connectivity index (χ0n) is 10.3. The molecule has 0 saturated carbocycles. The number of nitrogens with two attached hydrogens (primary N) is 1. The van der Waals surface area contributed by atoms with Crippen molar-refractivity contribution in [1.82, 2.24) is 0 Å². The lowest BCUT2D eigenvalue weighted by atomic mass is 10.2. The Morgan fingerprint density at radius 1 is 1.44 bits per heavy atom. The Bertz CT molecular complexity index is 328. The molecular formula is C13H21NOS. The van der Waals surface area contributed by atoms with Crippen molar-refractivity contribution in [2.24, 2.45) is 11.7 Å². The van der Waals surface area contributed by atoms with Gasteiger partial charge in [-0.15, -0.1) is 11.8 Å². The van der Waals surface area contributed by atoms with Crippen LogP contribution in [0.1, 0.15) is 25.8 Å². The second-order valence-corrected chi connectivity index (χ2v) is 5.06. The molecule has 1 unspecified atom stereocenters. The van der Waals surface area contributed by atoms with Gasteiger partial charge in [-0.2, -0.15) is 0 Å². The van der Waals surface area contributed by atoms with E-state index in [0.29, 0.717) is 6.54 Å². The van der Waals surface area contributed by atoms with Crippen molar-refractivity contribution in [2.75, 3.05) is 12.9 Å². The molecule has 1 aromatic carbocycles. The number of hydrogen-bond acceptors (Lipinski definition) is 3. The normalized spacial score (nSPS) is 12.5. The van der Waals surface area contributed by atoms with Crippen molar-refractivity contribution in [1.29, 1.82) is 0 Å². The van der Waals surface area contributed by atoms with Gasteiger partial charge in [0.15, 0.2) is 0 Å². The lowest BCUT2D eigenvalue weighted by molar-refractivity contribution is 0.413. The largest absolute Gasteiger partial charge is 0.497 e. The summed E-state index contributed by atoms with van der Waals surface area (Å²) in [5.41, 5.74) is 6.93. The maximum atomic E-state index is 5.73. The van der Waals surface area contributed by atoms with Gasteiger partial charge in [0.1, 0.15) is 5.75 Å². The Balaban J connectivity index is 2.75. The van der Waals surface area contributed by atoms with Gasteiger partial charge >= 0.3 is 0 Å². The van der Waals surface area contributed by atoms with Gasteiger partial charge in [0, 0.05) is 17.2 Å². The Labute approximate surface area is 103 Å². The van der Waals surface area contributed by atoms with Gasteiger partial charge in [-0.25, -0.2) is 0 Å². The van der Waals surface area contributed by atoms with E-state index >= 15 is 0 Å². The number of rotatable bonds is 6. The van der Waals surface area contributed by atoms with Gasteiger partial charge in [0.2, 0.25) is 0 Å². The van der Waals surface area contributed by atoms with Crippen LogP contribution in [0, 0.1) is 5.92 Å². The SMILES string of the molecule is CCC(C)CSc1cc(OC)ccc1CN. The summed E-state index contributed by atoms with van der Waals surface area (Å²) in [5.74, 6) is 2.78. The molecule has 3 heteroatoms. The van der Waals surface area contributed by atoms with E-state index < -0.39 is 0 Å². The zero-order valence-corrected chi connectivity index (χ0v) is 11.1. The second-order valence-electron chi connectivity index (χ2n) is 4.00. The molecule has 0 aliphatic carbocycles. The van der Waals surface area contributed by atoms with E-state index in [9.17, 15) is 0 Å². The summed E-state index contributed by atoms with van der Waals surface area (Å²) >= 11 is 1.87. The van der Waals surface area contributed by atoms with E-state index in [4.69, 9.17) is 10.5 Å². The first-order chi connectivity index (χ1) is 7.71. The highest BCUT2D eigenvalue weighted by molar-refractivity contribution is 7.99. The Morgan fingerprint density at radius 3 is 2.75 bits per heavy atom. The minimum atomic E-state index is 0.590. The number of thioether (sulfide) groups is 1. The minimum absolute atomic E-state index is 0.590. The lowest BCUT2D eigenvalue weighted by Crippen LogP contribution is -2.01. The van der Waals surface area contributed by atoms with Crippen LogP contribution in [0.2, 0.25) is 0 Å². The van der Waals surface area contributed by atoms with Gasteiger partial charge in [0.25, 0.3) is 0 Å². The first kappa shape index (κ1) is 13.4. The molecular weight excluding hydrogens is 218 g/mol. The third-order valence-electron chi connectivity index (χ3n) is 2.71. The molecule has 1 rings (SSSR count). The number of hydrogen-bond donors (Lipinski definition) is 1. The molecule has 90 valence electrons. The summed E-state index contributed by atoms with van der Waals surface area (Å²) < 4.78 is 5.23. The van der Waals surface area contributed by atoms with Gasteiger partial charge in [-0.3, -0.25) is 0 Å². The molecule has 0 radical (unpaired) electrons. The van der Waals surface area contributed by atoms with E-state index in [1.807, 2.05) is 17.8 Å². The number of ether oxygens (including phenoxy) is 1. The van der Waals surface area contributed by atoms with E-state index in [1.54, 1.807) is 7.11 Å². The van der Waals surface area contributed by atoms with Crippen LogP contribution >= 0.6 is 11.8 Å². The van der Waals surface area contributed by atoms with Crippen LogP contribution in [0.3, 0.4) is 0 Å². The Hall–Kier alpha value is -0.670. The number of methoxy groups -OCH3 is 1. The second kappa shape index (κ2) is 6.81. The van der Waals surface area contributed by atoms with Crippen molar-refractivity contribution in [3.8, 4) is 5.75 Å². The molecule has 2 N–H and O–H groups in total. The molecule has 0 aromatic heterocycles. The first-order valence-electron chi connectivity index (χ1n) is 5.71. The van der Waals surface area contributed by atoms with Crippen LogP contribution in [-0.4, -0.2) is 12.9 Å². The molecule has 2 nitrogen and oxygen atoms in total. The van der Waals surface area contributed by atoms with E-state index in [2.05, 4.69) is 26.0 Å². The Kier molecular flexibility index (Phi) is 5.71. The highest BCUT2D eigenvalue weighted by Gasteiger charge is 2.06. The van der Waals surface area contributed by atoms with Crippen molar-refractivity contribution in [3.63, 3.8) is 0 Å². The summed E-state index contributed by atoms with van der Waals surface area (Å²) in [5, 5.41) is 0. The summed E-state index contributed by atoms with van der Waals surface area (Å²) in [6.07, 6.45) is 1.22. The third kappa shape index (κ3) is 3.72. The van der Waals surface area contributed by atoms with Crippen LogP contribution in [0.15, 0.2) is 23.1 Å². The van der Waals surface area contributed by atoms with Crippen molar-refractivity contribution in [2.45, 2.75) is 31.7 Å². The van der Waals surface area contributed by atoms with E-state index in [0.717, 1.165) is 17.4 Å². The average molecular weight is 239 g/mol. The standard InChI is InChI=1S/C13H21NOS/c1-4-10(2)9-16-13-7-12(15-3)6-5-11(13)8-14/h5-7,10H,4,8-9,14H2,1-3H3. The molecule has 0 bridgehead atoms. The monoisotopic (exact) mass is 239 g/mol. The summed E-state index contributed by atoms with van der Waals surface area (Å²) in [6.45, 7) is 5.09. The predicted octanol–water partition coefficient (Wildman–Crippen LogP) is 3.29. The lowest BCUT2D eigenvalue weighted by Gasteiger charge is -2.12. The number of benzene rings is 1. The van der Waals surface area contributed by atoms with Gasteiger partial charge in [0.05, 0.1) is 7.11 Å². The van der Waals surface area contributed by atoms with E-state index in [1.165, 1.54) is 16.9 Å². The van der Waals surface area contributed by atoms with Crippen molar-refractivity contribution < 1.29 is 4.74 Å². The summed E-state index contributed by atoms with van der Waals surface area (Å²) in [4.78, 5) is 1.25. The van der Waals surface area contributed by atoms with Crippen LogP contribution in [0.5, 0.6) is 5.75 Å². The topological polar surface area (TPSA) is 35.2 Å². The Morgan fingerprint density at radius 2 is 2.19 bits per heavy atom. The molecule has 0 fully saturated rings. The summed E-state index contributed by atoms with van der Waals surface area (Å²) in [7, 11) is 1.70. The molecule has 0 heterocycles. The summed E-state index contributed by atoms with van der Waals surface area (Å²) in [6, 6.07) is 6.10. The molecule has 0 spiro atoms. The maximum absolute atomic E-state index is 5.73. The predicted molar refractivity (Wildman–Crippen MR) is 71.1 cm³/mol. The van der Waals surface area contributed by atoms with Crippen LogP contribution in [0.25, 0.3) is 0 Å². The third-order valence-corrected chi connectivity index (χ3v) is 4.14. The average Bonchev–Trinajstić information content (AvgIpc) is 2.35. The van der Waals surface area contributed by atoms with Gasteiger partial charge < -0.3 is 10.5 Å². The molecule has 0 aliphatic heterocycles. The van der Waals surface area contributed by atoms with Crippen LogP contribution in [-0.2, 0) is 6.54 Å². The van der Waals surface area contributed by atoms with Crippen LogP contribution < -0.4 is 10.5 Å². The van der Waals surface area contributed by atoms with Gasteiger partial charge in [-0.1, -0.05) is 26.3 Å². The fraction of sp³-hybridized carbons (Fsp3) is 0.538. The van der Waals surface area contributed by atoms with Crippen LogP contribution in [0.4, 0.5) is 0 Å². The maximum Gasteiger partial charge on any atom is 0.119 e. The molecule has 0 aliphatic rings.